The van der Waals surface area contributed by atoms with Crippen LogP contribution in [-0.2, 0) is 19.4 Å². The number of hydrogen-bond acceptors (Lipinski definition) is 3. The standard InChI is InChI=1S/C13H23BrN4/c1-4-10-13(14)12(18(5-2)17-10)7-11(16-15)9-6-8(9)3/h8-9,11,16H,4-7,15H2,1-3H3. The molecule has 2 rings (SSSR count). The van der Waals surface area contributed by atoms with Crippen molar-refractivity contribution in [2.45, 2.75) is 52.6 Å². The van der Waals surface area contributed by atoms with Crippen molar-refractivity contribution in [2.24, 2.45) is 17.7 Å². The Morgan fingerprint density at radius 2 is 2.22 bits per heavy atom. The lowest BCUT2D eigenvalue weighted by Crippen LogP contribution is -2.39. The first-order valence-corrected chi connectivity index (χ1v) is 7.61. The van der Waals surface area contributed by atoms with Gasteiger partial charge in [0.1, 0.15) is 0 Å². The van der Waals surface area contributed by atoms with Crippen LogP contribution in [0.4, 0.5) is 0 Å². The molecule has 0 radical (unpaired) electrons. The van der Waals surface area contributed by atoms with Crippen LogP contribution in [0.3, 0.4) is 0 Å². The van der Waals surface area contributed by atoms with Gasteiger partial charge in [0, 0.05) is 19.0 Å². The molecule has 3 N–H and O–H groups in total. The first kappa shape index (κ1) is 14.0. The number of aromatic nitrogens is 2. The molecule has 0 bridgehead atoms. The first-order chi connectivity index (χ1) is 8.62. The Bertz CT molecular complexity index is 415. The molecule has 1 saturated carbocycles. The molecular weight excluding hydrogens is 292 g/mol. The van der Waals surface area contributed by atoms with Crippen LogP contribution >= 0.6 is 15.9 Å². The van der Waals surface area contributed by atoms with Crippen molar-refractivity contribution < 1.29 is 0 Å². The second-order valence-corrected chi connectivity index (χ2v) is 6.02. The molecule has 1 aromatic heterocycles. The fourth-order valence-electron chi connectivity index (χ4n) is 2.67. The number of nitrogens with one attached hydrogen (secondary N) is 1. The summed E-state index contributed by atoms with van der Waals surface area (Å²) in [5, 5.41) is 4.63. The molecule has 1 heterocycles. The van der Waals surface area contributed by atoms with Gasteiger partial charge < -0.3 is 0 Å². The van der Waals surface area contributed by atoms with Crippen LogP contribution in [0.5, 0.6) is 0 Å². The van der Waals surface area contributed by atoms with Crippen molar-refractivity contribution in [2.75, 3.05) is 0 Å². The zero-order chi connectivity index (χ0) is 13.3. The molecule has 4 nitrogen and oxygen atoms in total. The average molecular weight is 315 g/mol. The highest BCUT2D eigenvalue weighted by molar-refractivity contribution is 9.10. The highest BCUT2D eigenvalue weighted by Crippen LogP contribution is 2.41. The predicted octanol–water partition coefficient (Wildman–Crippen LogP) is 2.26. The number of hydrogen-bond donors (Lipinski definition) is 2. The summed E-state index contributed by atoms with van der Waals surface area (Å²) in [4.78, 5) is 0. The minimum atomic E-state index is 0.364. The van der Waals surface area contributed by atoms with Gasteiger partial charge in [-0.05, 0) is 47.5 Å². The van der Waals surface area contributed by atoms with Gasteiger partial charge in [-0.15, -0.1) is 0 Å². The normalized spacial score (nSPS) is 24.3. The van der Waals surface area contributed by atoms with Crippen LogP contribution in [0.15, 0.2) is 4.47 Å². The maximum atomic E-state index is 5.71. The van der Waals surface area contributed by atoms with Crippen LogP contribution in [0.25, 0.3) is 0 Å². The maximum absolute atomic E-state index is 5.71. The number of aryl methyl sites for hydroxylation is 2. The van der Waals surface area contributed by atoms with Crippen molar-refractivity contribution in [3.8, 4) is 0 Å². The third-order valence-corrected chi connectivity index (χ3v) is 4.93. The third-order valence-electron chi connectivity index (χ3n) is 4.01. The lowest BCUT2D eigenvalue weighted by molar-refractivity contribution is 0.438. The Hall–Kier alpha value is -0.390. The van der Waals surface area contributed by atoms with Gasteiger partial charge in [-0.1, -0.05) is 13.8 Å². The lowest BCUT2D eigenvalue weighted by atomic mass is 10.1. The molecule has 0 aromatic carbocycles. The minimum Gasteiger partial charge on any atom is -0.271 e. The molecule has 1 aliphatic rings. The fourth-order valence-corrected chi connectivity index (χ4v) is 3.39. The number of nitrogens with zero attached hydrogens (tertiary/aromatic N) is 2. The van der Waals surface area contributed by atoms with Crippen molar-refractivity contribution in [1.29, 1.82) is 0 Å². The first-order valence-electron chi connectivity index (χ1n) is 6.82. The quantitative estimate of drug-likeness (QED) is 0.625. The van der Waals surface area contributed by atoms with E-state index < -0.39 is 0 Å². The molecule has 0 aliphatic heterocycles. The van der Waals surface area contributed by atoms with E-state index in [9.17, 15) is 0 Å². The molecule has 1 aromatic rings. The summed E-state index contributed by atoms with van der Waals surface area (Å²) in [5.41, 5.74) is 5.41. The fraction of sp³-hybridized carbons (Fsp3) is 0.769. The van der Waals surface area contributed by atoms with Gasteiger partial charge in [-0.25, -0.2) is 0 Å². The summed E-state index contributed by atoms with van der Waals surface area (Å²) in [6, 6.07) is 0.364. The molecule has 102 valence electrons. The minimum absolute atomic E-state index is 0.364. The Morgan fingerprint density at radius 1 is 1.56 bits per heavy atom. The van der Waals surface area contributed by atoms with Crippen LogP contribution in [0.1, 0.15) is 38.6 Å². The van der Waals surface area contributed by atoms with Gasteiger partial charge >= 0.3 is 0 Å². The number of nitrogens with two attached hydrogens (primary N) is 1. The Morgan fingerprint density at radius 3 is 2.67 bits per heavy atom. The van der Waals surface area contributed by atoms with E-state index in [1.807, 2.05) is 0 Å². The maximum Gasteiger partial charge on any atom is 0.0766 e. The van der Waals surface area contributed by atoms with E-state index in [0.29, 0.717) is 12.0 Å². The molecule has 1 fully saturated rings. The summed E-state index contributed by atoms with van der Waals surface area (Å²) in [6.07, 6.45) is 3.20. The van der Waals surface area contributed by atoms with Gasteiger partial charge in [-0.2, -0.15) is 5.10 Å². The topological polar surface area (TPSA) is 55.9 Å². The number of hydrazine groups is 1. The molecule has 1 aliphatic carbocycles. The van der Waals surface area contributed by atoms with E-state index in [4.69, 9.17) is 5.84 Å². The Labute approximate surface area is 117 Å². The van der Waals surface area contributed by atoms with Crippen LogP contribution in [-0.4, -0.2) is 15.8 Å². The van der Waals surface area contributed by atoms with Crippen molar-refractivity contribution in [1.82, 2.24) is 15.2 Å². The lowest BCUT2D eigenvalue weighted by Gasteiger charge is -2.16. The summed E-state index contributed by atoms with van der Waals surface area (Å²) >= 11 is 3.69. The van der Waals surface area contributed by atoms with Gasteiger partial charge in [0.15, 0.2) is 0 Å². The zero-order valence-electron chi connectivity index (χ0n) is 11.4. The van der Waals surface area contributed by atoms with Gasteiger partial charge in [0.25, 0.3) is 0 Å². The van der Waals surface area contributed by atoms with Crippen molar-refractivity contribution >= 4 is 15.9 Å². The van der Waals surface area contributed by atoms with E-state index >= 15 is 0 Å². The SMILES string of the molecule is CCc1nn(CC)c(CC(NN)C2CC2C)c1Br. The second kappa shape index (κ2) is 5.72. The average Bonchev–Trinajstić information content (AvgIpc) is 3.01. The molecule has 0 saturated heterocycles. The summed E-state index contributed by atoms with van der Waals surface area (Å²) in [6.45, 7) is 7.47. The van der Waals surface area contributed by atoms with E-state index in [1.165, 1.54) is 16.6 Å². The Balaban J connectivity index is 2.18. The predicted molar refractivity (Wildman–Crippen MR) is 77.1 cm³/mol. The molecule has 3 unspecified atom stereocenters. The zero-order valence-corrected chi connectivity index (χ0v) is 13.0. The number of rotatable bonds is 6. The molecule has 3 atom stereocenters. The van der Waals surface area contributed by atoms with E-state index in [1.54, 1.807) is 0 Å². The monoisotopic (exact) mass is 314 g/mol. The molecule has 0 amide bonds. The van der Waals surface area contributed by atoms with Crippen LogP contribution in [0, 0.1) is 11.8 Å². The van der Waals surface area contributed by atoms with Gasteiger partial charge in [0.05, 0.1) is 15.9 Å². The van der Waals surface area contributed by atoms with Gasteiger partial charge in [-0.3, -0.25) is 16.0 Å². The van der Waals surface area contributed by atoms with Crippen molar-refractivity contribution in [3.05, 3.63) is 15.9 Å². The van der Waals surface area contributed by atoms with Crippen molar-refractivity contribution in [3.63, 3.8) is 0 Å². The number of halogens is 1. The van der Waals surface area contributed by atoms with Crippen LogP contribution in [0.2, 0.25) is 0 Å². The smallest absolute Gasteiger partial charge is 0.0766 e. The third kappa shape index (κ3) is 2.63. The van der Waals surface area contributed by atoms with E-state index in [-0.39, 0.29) is 0 Å². The van der Waals surface area contributed by atoms with E-state index in [0.717, 1.165) is 31.0 Å². The molecule has 0 spiro atoms. The van der Waals surface area contributed by atoms with Gasteiger partial charge in [0.2, 0.25) is 0 Å². The summed E-state index contributed by atoms with van der Waals surface area (Å²) in [7, 11) is 0. The largest absolute Gasteiger partial charge is 0.271 e. The van der Waals surface area contributed by atoms with E-state index in [2.05, 4.69) is 51.9 Å². The molecular formula is C13H23BrN4. The summed E-state index contributed by atoms with van der Waals surface area (Å²) < 4.78 is 3.26. The van der Waals surface area contributed by atoms with Crippen LogP contribution < -0.4 is 11.3 Å². The summed E-state index contributed by atoms with van der Waals surface area (Å²) in [5.74, 6) is 7.22. The Kier molecular flexibility index (Phi) is 4.45. The molecule has 5 heteroatoms. The second-order valence-electron chi connectivity index (χ2n) is 5.23. The highest BCUT2D eigenvalue weighted by atomic mass is 79.9. The molecule has 18 heavy (non-hydrogen) atoms. The highest BCUT2D eigenvalue weighted by Gasteiger charge is 2.39.